The average Bonchev–Trinajstić information content (AvgIpc) is 2.78. The van der Waals surface area contributed by atoms with E-state index in [4.69, 9.17) is 0 Å². The number of rotatable bonds is 2. The van der Waals surface area contributed by atoms with Crippen LogP contribution in [0.3, 0.4) is 0 Å². The molecule has 140 valence electrons. The van der Waals surface area contributed by atoms with E-state index in [0.29, 0.717) is 0 Å². The Morgan fingerprint density at radius 3 is 2.81 bits per heavy atom. The molecule has 2 saturated heterocycles. The first-order valence-corrected chi connectivity index (χ1v) is 9.70. The van der Waals surface area contributed by atoms with Gasteiger partial charge in [-0.3, -0.25) is 13.9 Å². The summed E-state index contributed by atoms with van der Waals surface area (Å²) in [6.07, 6.45) is 5.47. The largest absolute Gasteiger partial charge is 0.336 e. The van der Waals surface area contributed by atoms with Gasteiger partial charge >= 0.3 is 5.69 Å². The van der Waals surface area contributed by atoms with E-state index >= 15 is 0 Å². The highest BCUT2D eigenvalue weighted by molar-refractivity contribution is 5.81. The van der Waals surface area contributed by atoms with E-state index in [1.807, 2.05) is 29.2 Å². The molecule has 2 fully saturated rings. The number of aryl methyl sites for hydroxylation is 1. The van der Waals surface area contributed by atoms with Gasteiger partial charge in [0.25, 0.3) is 0 Å². The van der Waals surface area contributed by atoms with Gasteiger partial charge in [-0.1, -0.05) is 18.6 Å². The highest BCUT2D eigenvalue weighted by Crippen LogP contribution is 2.33. The number of likely N-dealkylation sites (tertiary alicyclic amines) is 1. The Bertz CT molecular complexity index is 884. The van der Waals surface area contributed by atoms with Gasteiger partial charge in [-0.05, 0) is 51.3 Å². The van der Waals surface area contributed by atoms with Crippen LogP contribution in [0.15, 0.2) is 29.1 Å². The second-order valence-corrected chi connectivity index (χ2v) is 7.96. The summed E-state index contributed by atoms with van der Waals surface area (Å²) in [5.74, 6) is 0.0584. The molecule has 1 amide bonds. The van der Waals surface area contributed by atoms with Gasteiger partial charge in [-0.2, -0.15) is 0 Å². The minimum atomic E-state index is -0.127. The predicted octanol–water partition coefficient (Wildman–Crippen LogP) is 1.86. The lowest BCUT2D eigenvalue weighted by atomic mass is 9.81. The fraction of sp³-hybridized carbons (Fsp3) is 0.600. The Hall–Kier alpha value is -2.08. The maximum atomic E-state index is 13.2. The molecule has 1 N–H and O–H groups in total. The van der Waals surface area contributed by atoms with Crippen molar-refractivity contribution in [2.24, 2.45) is 7.05 Å². The molecular formula is C20H28N4O2. The molecule has 4 rings (SSSR count). The van der Waals surface area contributed by atoms with E-state index in [1.54, 1.807) is 16.2 Å². The van der Waals surface area contributed by atoms with E-state index < -0.39 is 0 Å². The van der Waals surface area contributed by atoms with Gasteiger partial charge in [-0.15, -0.1) is 0 Å². The van der Waals surface area contributed by atoms with Gasteiger partial charge in [0, 0.05) is 25.2 Å². The summed E-state index contributed by atoms with van der Waals surface area (Å²) >= 11 is 0. The zero-order valence-electron chi connectivity index (χ0n) is 15.7. The van der Waals surface area contributed by atoms with Gasteiger partial charge in [0.05, 0.1) is 11.0 Å². The van der Waals surface area contributed by atoms with Crippen LogP contribution >= 0.6 is 0 Å². The molecule has 0 saturated carbocycles. The molecule has 0 aliphatic carbocycles. The molecule has 1 aromatic heterocycles. The summed E-state index contributed by atoms with van der Waals surface area (Å²) in [5.41, 5.74) is 1.56. The zero-order valence-corrected chi connectivity index (χ0v) is 15.7. The molecule has 2 atom stereocenters. The third-order valence-electron chi connectivity index (χ3n) is 6.31. The van der Waals surface area contributed by atoms with Gasteiger partial charge in [0.2, 0.25) is 5.91 Å². The summed E-state index contributed by atoms with van der Waals surface area (Å²) in [6.45, 7) is 4.19. The number of aromatic nitrogens is 2. The van der Waals surface area contributed by atoms with E-state index in [-0.39, 0.29) is 29.7 Å². The van der Waals surface area contributed by atoms with E-state index in [9.17, 15) is 9.59 Å². The summed E-state index contributed by atoms with van der Waals surface area (Å²) in [5, 5.41) is 3.69. The molecule has 1 aromatic carbocycles. The number of para-hydroxylation sites is 2. The lowest BCUT2D eigenvalue weighted by molar-refractivity contribution is -0.138. The molecule has 6 nitrogen and oxygen atoms in total. The minimum absolute atomic E-state index is 0.00583. The van der Waals surface area contributed by atoms with Crippen LogP contribution in [0.5, 0.6) is 0 Å². The van der Waals surface area contributed by atoms with Crippen LogP contribution in [-0.4, -0.2) is 44.6 Å². The minimum Gasteiger partial charge on any atom is -0.336 e. The Labute approximate surface area is 153 Å². The number of nitrogens with one attached hydrogen (secondary N) is 1. The summed E-state index contributed by atoms with van der Waals surface area (Å²) < 4.78 is 3.24. The van der Waals surface area contributed by atoms with Gasteiger partial charge < -0.3 is 10.2 Å². The molecule has 6 heteroatoms. The highest BCUT2D eigenvalue weighted by Gasteiger charge is 2.43. The van der Waals surface area contributed by atoms with E-state index in [1.165, 1.54) is 0 Å². The maximum Gasteiger partial charge on any atom is 0.329 e. The Morgan fingerprint density at radius 2 is 2.00 bits per heavy atom. The van der Waals surface area contributed by atoms with Crippen LogP contribution in [0.4, 0.5) is 0 Å². The summed E-state index contributed by atoms with van der Waals surface area (Å²) in [6, 6.07) is 7.89. The first-order valence-electron chi connectivity index (χ1n) is 9.70. The second kappa shape index (κ2) is 6.58. The van der Waals surface area contributed by atoms with Gasteiger partial charge in [-0.25, -0.2) is 4.79 Å². The monoisotopic (exact) mass is 356 g/mol. The van der Waals surface area contributed by atoms with Crippen molar-refractivity contribution >= 4 is 16.9 Å². The molecule has 2 aliphatic rings. The van der Waals surface area contributed by atoms with Crippen molar-refractivity contribution in [3.63, 3.8) is 0 Å². The molecule has 0 bridgehead atoms. The number of benzene rings is 1. The van der Waals surface area contributed by atoms with E-state index in [0.717, 1.165) is 56.2 Å². The van der Waals surface area contributed by atoms with Crippen molar-refractivity contribution < 1.29 is 4.79 Å². The first kappa shape index (κ1) is 17.3. The van der Waals surface area contributed by atoms with Crippen LogP contribution in [-0.2, 0) is 18.4 Å². The number of carbonyl (C=O) groups is 1. The van der Waals surface area contributed by atoms with Crippen LogP contribution in [0.1, 0.15) is 39.0 Å². The van der Waals surface area contributed by atoms with Crippen LogP contribution in [0, 0.1) is 0 Å². The summed E-state index contributed by atoms with van der Waals surface area (Å²) in [4.78, 5) is 27.9. The SMILES string of the molecule is Cn1c(=O)n(CC(=O)N2CCC[C@]3(C)NCCCC[C@H]23)c2ccccc21. The van der Waals surface area contributed by atoms with E-state index in [2.05, 4.69) is 12.2 Å². The van der Waals surface area contributed by atoms with Crippen molar-refractivity contribution in [1.29, 1.82) is 0 Å². The third kappa shape index (κ3) is 2.76. The first-order chi connectivity index (χ1) is 12.5. The highest BCUT2D eigenvalue weighted by atomic mass is 16.2. The van der Waals surface area contributed by atoms with Crippen LogP contribution in [0.2, 0.25) is 0 Å². The topological polar surface area (TPSA) is 59.3 Å². The quantitative estimate of drug-likeness (QED) is 0.894. The van der Waals surface area contributed by atoms with Crippen molar-refractivity contribution in [3.8, 4) is 0 Å². The zero-order chi connectivity index (χ0) is 18.3. The number of imidazole rings is 1. The number of piperidine rings is 1. The fourth-order valence-corrected chi connectivity index (χ4v) is 4.84. The van der Waals surface area contributed by atoms with Crippen molar-refractivity contribution in [2.45, 2.75) is 57.2 Å². The molecule has 0 radical (unpaired) electrons. The maximum absolute atomic E-state index is 13.2. The molecule has 3 heterocycles. The van der Waals surface area contributed by atoms with Gasteiger partial charge in [0.15, 0.2) is 0 Å². The summed E-state index contributed by atoms with van der Waals surface area (Å²) in [7, 11) is 1.76. The normalized spacial score (nSPS) is 26.5. The molecule has 26 heavy (non-hydrogen) atoms. The molecule has 0 spiro atoms. The van der Waals surface area contributed by atoms with Crippen LogP contribution in [0.25, 0.3) is 11.0 Å². The standard InChI is InChI=1S/C20H28N4O2/c1-20-11-7-13-23(17(20)10-5-6-12-21-20)18(25)14-24-16-9-4-3-8-15(16)22(2)19(24)26/h3-4,8-9,17,21H,5-7,10-14H2,1-2H3/t17-,20-/m0/s1. The molecular weight excluding hydrogens is 328 g/mol. The number of fused-ring (bicyclic) bond motifs is 2. The average molecular weight is 356 g/mol. The lowest BCUT2D eigenvalue weighted by Crippen LogP contribution is -2.63. The number of nitrogens with zero attached hydrogens (tertiary/aromatic N) is 3. The second-order valence-electron chi connectivity index (χ2n) is 7.96. The van der Waals surface area contributed by atoms with Gasteiger partial charge in [0.1, 0.15) is 6.54 Å². The number of hydrogen-bond donors (Lipinski definition) is 1. The van der Waals surface area contributed by atoms with Crippen LogP contribution < -0.4 is 11.0 Å². The lowest BCUT2D eigenvalue weighted by Gasteiger charge is -2.48. The fourth-order valence-electron chi connectivity index (χ4n) is 4.84. The third-order valence-corrected chi connectivity index (χ3v) is 6.31. The Balaban J connectivity index is 1.64. The molecule has 0 unspecified atom stereocenters. The van der Waals surface area contributed by atoms with Crippen molar-refractivity contribution in [3.05, 3.63) is 34.7 Å². The van der Waals surface area contributed by atoms with Crippen molar-refractivity contribution in [2.75, 3.05) is 13.1 Å². The van der Waals surface area contributed by atoms with Crippen molar-refractivity contribution in [1.82, 2.24) is 19.4 Å². The Morgan fingerprint density at radius 1 is 1.23 bits per heavy atom. The molecule has 2 aliphatic heterocycles. The number of amides is 1. The molecule has 2 aromatic rings. The Kier molecular flexibility index (Phi) is 4.39. The number of carbonyl (C=O) groups excluding carboxylic acids is 1. The predicted molar refractivity (Wildman–Crippen MR) is 102 cm³/mol. The smallest absolute Gasteiger partial charge is 0.329 e. The number of hydrogen-bond acceptors (Lipinski definition) is 3.